The molecule has 0 aliphatic carbocycles. The lowest BCUT2D eigenvalue weighted by molar-refractivity contribution is 2.10. The van der Waals surface area contributed by atoms with Gasteiger partial charge in [-0.2, -0.15) is 0 Å². The fourth-order valence-electron chi connectivity index (χ4n) is 0.333. The third-order valence-electron chi connectivity index (χ3n) is 0.750. The minimum absolute atomic E-state index is 0.0849. The van der Waals surface area contributed by atoms with Crippen molar-refractivity contribution in [2.45, 2.75) is 26.2 Å². The van der Waals surface area contributed by atoms with Gasteiger partial charge in [-0.25, -0.2) is 0 Å². The highest BCUT2D eigenvalue weighted by molar-refractivity contribution is 6.84. The molecule has 0 rings (SSSR count). The maximum Gasteiger partial charge on any atom is 0.00269 e. The average molecular weight is 142 g/mol. The third-order valence-corrected chi connectivity index (χ3v) is 2.75. The van der Waals surface area contributed by atoms with Crippen LogP contribution in [0.25, 0.3) is 0 Å². The average Bonchev–Trinajstić information content (AvgIpc) is 1.61. The summed E-state index contributed by atoms with van der Waals surface area (Å²) in [7, 11) is -0.170. The first-order chi connectivity index (χ1) is 3.63. The monoisotopic (exact) mass is 142 g/mol. The van der Waals surface area contributed by atoms with Crippen molar-refractivity contribution < 1.29 is 0 Å². The molecule has 0 bridgehead atoms. The summed E-state index contributed by atoms with van der Waals surface area (Å²) in [6, 6.07) is 0. The van der Waals surface area contributed by atoms with Gasteiger partial charge in [0.25, 0.3) is 0 Å². The Morgan fingerprint density at radius 2 is 1.00 bits per heavy atom. The van der Waals surface area contributed by atoms with Crippen LogP contribution in [0.3, 0.4) is 0 Å². The van der Waals surface area contributed by atoms with E-state index < -0.39 is 0 Å². The molecular formula is C6H14Si2. The van der Waals surface area contributed by atoms with Gasteiger partial charge < -0.3 is 0 Å². The molecule has 0 nitrogen and oxygen atoms in total. The predicted molar refractivity (Wildman–Crippen MR) is 47.1 cm³/mol. The Balaban J connectivity index is 3.76. The molecule has 0 fully saturated rings. The quantitative estimate of drug-likeness (QED) is 0.484. The minimum Gasteiger partial charge on any atom is -0.0868 e. The van der Waals surface area contributed by atoms with Gasteiger partial charge in [0.1, 0.15) is 0 Å². The largest absolute Gasteiger partial charge is 0.0868 e. The number of hydrogen-bond acceptors (Lipinski definition) is 0. The molecule has 0 unspecified atom stereocenters. The van der Waals surface area contributed by atoms with Crippen molar-refractivity contribution in [2.75, 3.05) is 0 Å². The molecule has 0 aromatic carbocycles. The first-order valence-electron chi connectivity index (χ1n) is 2.91. The highest BCUT2D eigenvalue weighted by atomic mass is 28.2. The summed E-state index contributed by atoms with van der Waals surface area (Å²) in [6.07, 6.45) is 0. The topological polar surface area (TPSA) is 0 Å². The van der Waals surface area contributed by atoms with Crippen LogP contribution in [0.4, 0.5) is 0 Å². The number of hydrogen-bond donors (Lipinski definition) is 0. The van der Waals surface area contributed by atoms with E-state index in [2.05, 4.69) is 37.5 Å². The lowest BCUT2D eigenvalue weighted by Gasteiger charge is -1.82. The van der Waals surface area contributed by atoms with Crippen LogP contribution in [0, 0.1) is 0 Å². The van der Waals surface area contributed by atoms with Gasteiger partial charge in [-0.15, -0.1) is 0 Å². The van der Waals surface area contributed by atoms with E-state index in [1.807, 2.05) is 0 Å². The molecule has 46 valence electrons. The summed E-state index contributed by atoms with van der Waals surface area (Å²) in [5, 5.41) is 0. The zero-order valence-corrected chi connectivity index (χ0v) is 8.15. The second-order valence-corrected chi connectivity index (χ2v) is 7.46. The Morgan fingerprint density at radius 3 is 1.12 bits per heavy atom. The maximum absolute atomic E-state index is 2.39. The molecule has 0 saturated carbocycles. The summed E-state index contributed by atoms with van der Waals surface area (Å²) in [4.78, 5) is 0. The minimum atomic E-state index is -0.0849. The zero-order valence-electron chi connectivity index (χ0n) is 6.15. The van der Waals surface area contributed by atoms with Crippen LogP contribution in [0.5, 0.6) is 0 Å². The molecular weight excluding hydrogens is 128 g/mol. The van der Waals surface area contributed by atoms with Crippen LogP contribution in [-0.4, -0.2) is 28.2 Å². The van der Waals surface area contributed by atoms with E-state index in [-0.39, 0.29) is 16.8 Å². The summed E-state index contributed by atoms with van der Waals surface area (Å²) in [5.41, 5.74) is 4.78. The van der Waals surface area contributed by atoms with Gasteiger partial charge in [0.05, 0.1) is 0 Å². The molecule has 0 heterocycles. The van der Waals surface area contributed by atoms with Gasteiger partial charge in [-0.1, -0.05) is 37.5 Å². The fourth-order valence-corrected chi connectivity index (χ4v) is 3.00. The van der Waals surface area contributed by atoms with Crippen molar-refractivity contribution in [1.29, 1.82) is 0 Å². The van der Waals surface area contributed by atoms with Crippen LogP contribution in [0.2, 0.25) is 26.2 Å². The van der Waals surface area contributed by atoms with Crippen molar-refractivity contribution in [1.82, 2.24) is 0 Å². The van der Waals surface area contributed by atoms with Crippen molar-refractivity contribution in [3.63, 3.8) is 0 Å². The van der Waals surface area contributed by atoms with Crippen LogP contribution >= 0.6 is 0 Å². The molecule has 0 aliphatic rings. The van der Waals surface area contributed by atoms with E-state index in [9.17, 15) is 0 Å². The molecule has 0 spiro atoms. The van der Waals surface area contributed by atoms with Crippen LogP contribution in [0.15, 0.2) is 0 Å². The van der Waals surface area contributed by atoms with E-state index in [4.69, 9.17) is 0 Å². The predicted octanol–water partition coefficient (Wildman–Crippen LogP) is 1.26. The Labute approximate surface area is 55.0 Å². The van der Waals surface area contributed by atoms with E-state index in [1.54, 1.807) is 0 Å². The van der Waals surface area contributed by atoms with Gasteiger partial charge in [0, 0.05) is 16.8 Å². The Morgan fingerprint density at radius 1 is 0.750 bits per heavy atom. The third kappa shape index (κ3) is 6.17. The molecule has 0 amide bonds. The molecule has 0 aromatic heterocycles. The molecule has 0 aromatic rings. The molecule has 0 aliphatic heterocycles. The highest BCUT2D eigenvalue weighted by Gasteiger charge is 1.74. The van der Waals surface area contributed by atoms with Crippen LogP contribution in [-0.2, 0) is 0 Å². The van der Waals surface area contributed by atoms with Crippen molar-refractivity contribution >= 4 is 28.2 Å². The summed E-state index contributed by atoms with van der Waals surface area (Å²) in [5.74, 6) is 0. The molecule has 0 saturated heterocycles. The van der Waals surface area contributed by atoms with E-state index in [1.165, 1.54) is 0 Å². The van der Waals surface area contributed by atoms with E-state index >= 15 is 0 Å². The van der Waals surface area contributed by atoms with E-state index in [0.29, 0.717) is 0 Å². The summed E-state index contributed by atoms with van der Waals surface area (Å²) in [6.45, 7) is 9.25. The second kappa shape index (κ2) is 4.09. The Hall–Kier alpha value is 0.174. The fraction of sp³-hybridized carbons (Fsp3) is 0.667. The first kappa shape index (κ1) is 8.17. The summed E-state index contributed by atoms with van der Waals surface area (Å²) < 4.78 is 0. The van der Waals surface area contributed by atoms with Gasteiger partial charge in [-0.05, 0) is 0 Å². The first-order valence-corrected chi connectivity index (χ1v) is 8.07. The van der Waals surface area contributed by atoms with Gasteiger partial charge in [-0.3, -0.25) is 0 Å². The lowest BCUT2D eigenvalue weighted by atomic mass is 11.0. The summed E-state index contributed by atoms with van der Waals surface area (Å²) >= 11 is 0. The lowest BCUT2D eigenvalue weighted by Crippen LogP contribution is -1.99. The second-order valence-electron chi connectivity index (χ2n) is 2.49. The van der Waals surface area contributed by atoms with Crippen molar-refractivity contribution in [3.8, 4) is 0 Å². The SMILES string of the molecule is C[Si](C)=CC=[Si](C)C. The van der Waals surface area contributed by atoms with Crippen molar-refractivity contribution in [2.24, 2.45) is 0 Å². The van der Waals surface area contributed by atoms with Gasteiger partial charge in [0.2, 0.25) is 0 Å². The standard InChI is InChI=1S/C6H14Si2/c1-7(2)5-6-8(3)4/h5-6H,1-4H3. The Bertz CT molecular complexity index is 98.5. The van der Waals surface area contributed by atoms with Crippen LogP contribution in [0.1, 0.15) is 0 Å². The van der Waals surface area contributed by atoms with Crippen molar-refractivity contribution in [3.05, 3.63) is 0 Å². The molecule has 0 N–H and O–H groups in total. The smallest absolute Gasteiger partial charge is 0.00269 e. The van der Waals surface area contributed by atoms with E-state index in [0.717, 1.165) is 0 Å². The number of rotatable bonds is 1. The van der Waals surface area contributed by atoms with Gasteiger partial charge in [0.15, 0.2) is 0 Å². The molecule has 2 heteroatoms. The molecule has 0 atom stereocenters. The Kier molecular flexibility index (Phi) is 4.18. The van der Waals surface area contributed by atoms with Gasteiger partial charge >= 0.3 is 0 Å². The zero-order chi connectivity index (χ0) is 6.57. The maximum atomic E-state index is 2.39. The molecule has 8 heavy (non-hydrogen) atoms. The normalized spacial score (nSPS) is 8.00. The molecule has 0 radical (unpaired) electrons. The van der Waals surface area contributed by atoms with Crippen LogP contribution < -0.4 is 0 Å². The highest BCUT2D eigenvalue weighted by Crippen LogP contribution is 1.62.